The molecule has 0 unspecified atom stereocenters. The second kappa shape index (κ2) is 8.93. The summed E-state index contributed by atoms with van der Waals surface area (Å²) in [6.45, 7) is 11.2. The summed E-state index contributed by atoms with van der Waals surface area (Å²) >= 11 is 0. The van der Waals surface area contributed by atoms with Crippen molar-refractivity contribution in [3.8, 4) is 0 Å². The Bertz CT molecular complexity index is 816. The fourth-order valence-corrected chi connectivity index (χ4v) is 8.71. The van der Waals surface area contributed by atoms with E-state index in [2.05, 4.69) is 75.9 Å². The molecule has 0 radical (unpaired) electrons. The number of rotatable bonds is 7. The highest BCUT2D eigenvalue weighted by Gasteiger charge is 2.50. The molecule has 0 N–H and O–H groups in total. The summed E-state index contributed by atoms with van der Waals surface area (Å²) in [5.41, 5.74) is 0. The van der Waals surface area contributed by atoms with Crippen molar-refractivity contribution >= 4 is 24.6 Å². The summed E-state index contributed by atoms with van der Waals surface area (Å²) in [5.74, 6) is 0.128. The predicted molar refractivity (Wildman–Crippen MR) is 123 cm³/mol. The monoisotopic (exact) mass is 405 g/mol. The molecule has 0 aliphatic carbocycles. The van der Waals surface area contributed by atoms with E-state index in [1.54, 1.807) is 4.90 Å². The molecule has 1 amide bonds. The molecule has 0 aromatic heterocycles. The summed E-state index contributed by atoms with van der Waals surface area (Å²) in [6.07, 6.45) is 7.09. The van der Waals surface area contributed by atoms with E-state index in [1.165, 1.54) is 10.4 Å². The predicted octanol–water partition coefficient (Wildman–Crippen LogP) is 4.25. The Morgan fingerprint density at radius 2 is 1.62 bits per heavy atom. The van der Waals surface area contributed by atoms with Gasteiger partial charge in [0, 0.05) is 12.6 Å². The highest BCUT2D eigenvalue weighted by atomic mass is 28.4. The molecule has 0 bridgehead atoms. The summed E-state index contributed by atoms with van der Waals surface area (Å²) in [4.78, 5) is 14.2. The standard InChI is InChI=1S/C25H31NO2Si/c1-5-21(26-19-13-12-18-24(26)27)20-28-29(25(2,3)4,22-14-8-6-9-15-22)23-16-10-7-11-17-23/h5-11,13-17,19,21H,1,12,18,20H2,2-4H3/t21-/m1/s1. The van der Waals surface area contributed by atoms with Gasteiger partial charge in [-0.2, -0.15) is 0 Å². The number of carbonyl (C=O) groups excluding carboxylic acids is 1. The van der Waals surface area contributed by atoms with Gasteiger partial charge in [0.1, 0.15) is 0 Å². The zero-order valence-corrected chi connectivity index (χ0v) is 18.7. The van der Waals surface area contributed by atoms with Gasteiger partial charge in [-0.1, -0.05) is 93.6 Å². The van der Waals surface area contributed by atoms with Crippen molar-refractivity contribution < 1.29 is 9.22 Å². The minimum Gasteiger partial charge on any atom is -0.405 e. The molecule has 1 aliphatic rings. The van der Waals surface area contributed by atoms with E-state index in [1.807, 2.05) is 30.5 Å². The van der Waals surface area contributed by atoms with Gasteiger partial charge in [0.25, 0.3) is 8.32 Å². The Morgan fingerprint density at radius 3 is 2.07 bits per heavy atom. The van der Waals surface area contributed by atoms with Crippen molar-refractivity contribution in [2.45, 2.75) is 44.7 Å². The normalized spacial score (nSPS) is 16.0. The third kappa shape index (κ3) is 4.28. The van der Waals surface area contributed by atoms with Crippen LogP contribution < -0.4 is 10.4 Å². The molecule has 1 aliphatic heterocycles. The van der Waals surface area contributed by atoms with Crippen LogP contribution in [0.4, 0.5) is 0 Å². The van der Waals surface area contributed by atoms with Gasteiger partial charge in [-0.15, -0.1) is 6.58 Å². The molecule has 2 aromatic carbocycles. The second-order valence-electron chi connectivity index (χ2n) is 8.50. The van der Waals surface area contributed by atoms with Crippen LogP contribution in [0.25, 0.3) is 0 Å². The summed E-state index contributed by atoms with van der Waals surface area (Å²) < 4.78 is 6.96. The quantitative estimate of drug-likeness (QED) is 0.509. The van der Waals surface area contributed by atoms with Gasteiger partial charge in [0.2, 0.25) is 5.91 Å². The highest BCUT2D eigenvalue weighted by molar-refractivity contribution is 6.99. The van der Waals surface area contributed by atoms with Crippen molar-refractivity contribution in [1.82, 2.24) is 4.90 Å². The lowest BCUT2D eigenvalue weighted by molar-refractivity contribution is -0.130. The zero-order chi connectivity index (χ0) is 20.9. The Kier molecular flexibility index (Phi) is 6.55. The molecule has 4 heteroatoms. The summed E-state index contributed by atoms with van der Waals surface area (Å²) in [7, 11) is -2.62. The van der Waals surface area contributed by atoms with Crippen LogP contribution in [0.5, 0.6) is 0 Å². The lowest BCUT2D eigenvalue weighted by Crippen LogP contribution is -2.67. The van der Waals surface area contributed by atoms with Crippen LogP contribution in [-0.2, 0) is 9.22 Å². The van der Waals surface area contributed by atoms with Crippen LogP contribution in [0.1, 0.15) is 33.6 Å². The number of amides is 1. The maximum atomic E-state index is 12.4. The summed E-state index contributed by atoms with van der Waals surface area (Å²) in [5, 5.41) is 2.38. The topological polar surface area (TPSA) is 29.5 Å². The molecule has 0 saturated heterocycles. The minimum atomic E-state index is -2.62. The number of carbonyl (C=O) groups is 1. The van der Waals surface area contributed by atoms with Crippen molar-refractivity contribution in [2.75, 3.05) is 6.61 Å². The van der Waals surface area contributed by atoms with E-state index >= 15 is 0 Å². The van der Waals surface area contributed by atoms with Crippen LogP contribution in [0.2, 0.25) is 5.04 Å². The first-order valence-corrected chi connectivity index (χ1v) is 12.2. The summed E-state index contributed by atoms with van der Waals surface area (Å²) in [6, 6.07) is 20.9. The maximum absolute atomic E-state index is 12.4. The number of nitrogens with zero attached hydrogens (tertiary/aromatic N) is 1. The molecule has 0 fully saturated rings. The van der Waals surface area contributed by atoms with Gasteiger partial charge in [0.05, 0.1) is 12.6 Å². The van der Waals surface area contributed by atoms with Crippen LogP contribution >= 0.6 is 0 Å². The van der Waals surface area contributed by atoms with Gasteiger partial charge >= 0.3 is 0 Å². The lowest BCUT2D eigenvalue weighted by atomic mass is 10.1. The third-order valence-corrected chi connectivity index (χ3v) is 10.6. The van der Waals surface area contributed by atoms with Gasteiger partial charge in [0.15, 0.2) is 0 Å². The fraction of sp³-hybridized carbons (Fsp3) is 0.320. The largest absolute Gasteiger partial charge is 0.405 e. The number of allylic oxidation sites excluding steroid dienone is 1. The molecule has 3 rings (SSSR count). The minimum absolute atomic E-state index is 0.0941. The van der Waals surface area contributed by atoms with E-state index in [9.17, 15) is 4.79 Å². The van der Waals surface area contributed by atoms with Crippen LogP contribution in [0.3, 0.4) is 0 Å². The van der Waals surface area contributed by atoms with E-state index in [0.717, 1.165) is 6.42 Å². The van der Waals surface area contributed by atoms with Gasteiger partial charge in [-0.3, -0.25) is 4.79 Å². The molecular formula is C25H31NO2Si. The molecule has 1 atom stereocenters. The number of hydrogen-bond acceptors (Lipinski definition) is 2. The van der Waals surface area contributed by atoms with Gasteiger partial charge in [-0.05, 0) is 21.8 Å². The molecule has 1 heterocycles. The fourth-order valence-electron chi connectivity index (χ4n) is 4.14. The molecular weight excluding hydrogens is 374 g/mol. The Morgan fingerprint density at radius 1 is 1.07 bits per heavy atom. The van der Waals surface area contributed by atoms with E-state index < -0.39 is 8.32 Å². The third-order valence-electron chi connectivity index (χ3n) is 5.60. The van der Waals surface area contributed by atoms with Crippen LogP contribution in [0, 0.1) is 0 Å². The average Bonchev–Trinajstić information content (AvgIpc) is 2.73. The second-order valence-corrected chi connectivity index (χ2v) is 12.8. The average molecular weight is 406 g/mol. The van der Waals surface area contributed by atoms with Crippen molar-refractivity contribution in [3.63, 3.8) is 0 Å². The highest BCUT2D eigenvalue weighted by Crippen LogP contribution is 2.37. The number of hydrogen-bond donors (Lipinski definition) is 0. The Labute approximate surface area is 175 Å². The molecule has 0 spiro atoms. The smallest absolute Gasteiger partial charge is 0.261 e. The van der Waals surface area contributed by atoms with Crippen LogP contribution in [-0.4, -0.2) is 31.8 Å². The van der Waals surface area contributed by atoms with E-state index in [4.69, 9.17) is 4.43 Å². The van der Waals surface area contributed by atoms with Crippen molar-refractivity contribution in [1.29, 1.82) is 0 Å². The van der Waals surface area contributed by atoms with E-state index in [0.29, 0.717) is 13.0 Å². The molecule has 29 heavy (non-hydrogen) atoms. The molecule has 152 valence electrons. The first-order chi connectivity index (χ1) is 13.9. The van der Waals surface area contributed by atoms with Crippen molar-refractivity contribution in [2.24, 2.45) is 0 Å². The Balaban J connectivity index is 2.03. The number of benzene rings is 2. The van der Waals surface area contributed by atoms with Gasteiger partial charge < -0.3 is 9.33 Å². The zero-order valence-electron chi connectivity index (χ0n) is 17.7. The SMILES string of the molecule is C=C[C@H](CO[Si](c1ccccc1)(c1ccccc1)C(C)(C)C)N1C=CCCC1=O. The first-order valence-electron chi connectivity index (χ1n) is 10.3. The molecule has 2 aromatic rings. The lowest BCUT2D eigenvalue weighted by Gasteiger charge is -2.44. The van der Waals surface area contributed by atoms with Gasteiger partial charge in [-0.25, -0.2) is 0 Å². The van der Waals surface area contributed by atoms with E-state index in [-0.39, 0.29) is 17.0 Å². The molecule has 0 saturated carbocycles. The van der Waals surface area contributed by atoms with Crippen molar-refractivity contribution in [3.05, 3.63) is 85.6 Å². The maximum Gasteiger partial charge on any atom is 0.261 e. The molecule has 3 nitrogen and oxygen atoms in total. The first kappa shape index (κ1) is 21.3. The van der Waals surface area contributed by atoms with Crippen LogP contribution in [0.15, 0.2) is 85.6 Å². The Hall–Kier alpha value is -2.43.